The molecule has 0 saturated heterocycles. The molecule has 96 valence electrons. The molecule has 0 bridgehead atoms. The number of hydrogen-bond donors (Lipinski definition) is 1. The molecule has 0 fully saturated rings. The molecule has 1 N–H and O–H groups in total. The minimum Gasteiger partial charge on any atom is -0.411 e. The Hall–Kier alpha value is -1.61. The van der Waals surface area contributed by atoms with Crippen molar-refractivity contribution < 1.29 is 5.21 Å². The SMILES string of the molecule is O/N=C1/c2ccccc2CC[C@@H]1c1ccc(Br)cc1. The van der Waals surface area contributed by atoms with Crippen LogP contribution in [0.3, 0.4) is 0 Å². The summed E-state index contributed by atoms with van der Waals surface area (Å²) in [7, 11) is 0. The molecule has 1 aliphatic rings. The van der Waals surface area contributed by atoms with E-state index in [1.165, 1.54) is 11.1 Å². The van der Waals surface area contributed by atoms with Crippen LogP contribution in [-0.4, -0.2) is 10.9 Å². The van der Waals surface area contributed by atoms with E-state index >= 15 is 0 Å². The van der Waals surface area contributed by atoms with Gasteiger partial charge in [-0.05, 0) is 36.1 Å². The van der Waals surface area contributed by atoms with Crippen LogP contribution in [0.15, 0.2) is 58.2 Å². The van der Waals surface area contributed by atoms with Crippen molar-refractivity contribution in [1.82, 2.24) is 0 Å². The van der Waals surface area contributed by atoms with E-state index in [9.17, 15) is 5.21 Å². The summed E-state index contributed by atoms with van der Waals surface area (Å²) in [4.78, 5) is 0. The molecule has 3 rings (SSSR count). The molecule has 2 nitrogen and oxygen atoms in total. The Labute approximate surface area is 120 Å². The average Bonchev–Trinajstić information content (AvgIpc) is 2.47. The fourth-order valence-corrected chi connectivity index (χ4v) is 3.02. The molecule has 0 radical (unpaired) electrons. The van der Waals surface area contributed by atoms with Crippen molar-refractivity contribution in [2.75, 3.05) is 0 Å². The zero-order chi connectivity index (χ0) is 13.2. The molecule has 0 aromatic heterocycles. The van der Waals surface area contributed by atoms with E-state index in [0.717, 1.165) is 28.6 Å². The molecule has 0 unspecified atom stereocenters. The highest BCUT2D eigenvalue weighted by atomic mass is 79.9. The standard InChI is InChI=1S/C16H14BrNO/c17-13-8-5-12(6-9-13)15-10-7-11-3-1-2-4-14(11)16(15)18-19/h1-6,8-9,15,19H,7,10H2/b18-16-/t15-/m1/s1. The maximum atomic E-state index is 9.40. The van der Waals surface area contributed by atoms with E-state index < -0.39 is 0 Å². The second kappa shape index (κ2) is 5.17. The van der Waals surface area contributed by atoms with Gasteiger partial charge in [-0.2, -0.15) is 0 Å². The second-order valence-electron chi connectivity index (χ2n) is 4.79. The summed E-state index contributed by atoms with van der Waals surface area (Å²) in [6, 6.07) is 16.4. The highest BCUT2D eigenvalue weighted by Crippen LogP contribution is 2.33. The monoisotopic (exact) mass is 315 g/mol. The van der Waals surface area contributed by atoms with Crippen LogP contribution in [0.25, 0.3) is 0 Å². The van der Waals surface area contributed by atoms with Crippen LogP contribution in [0.4, 0.5) is 0 Å². The number of halogens is 1. The number of nitrogens with zero attached hydrogens (tertiary/aromatic N) is 1. The van der Waals surface area contributed by atoms with Gasteiger partial charge in [-0.3, -0.25) is 0 Å². The summed E-state index contributed by atoms with van der Waals surface area (Å²) in [5, 5.41) is 13.0. The predicted molar refractivity (Wildman–Crippen MR) is 80.0 cm³/mol. The normalized spacial score (nSPS) is 20.3. The van der Waals surface area contributed by atoms with E-state index in [-0.39, 0.29) is 5.92 Å². The first kappa shape index (κ1) is 12.4. The average molecular weight is 316 g/mol. The lowest BCUT2D eigenvalue weighted by Gasteiger charge is -2.26. The Morgan fingerprint density at radius 1 is 1.05 bits per heavy atom. The first-order valence-corrected chi connectivity index (χ1v) is 7.14. The first-order valence-electron chi connectivity index (χ1n) is 6.35. The van der Waals surface area contributed by atoms with Gasteiger partial charge in [0.1, 0.15) is 0 Å². The number of hydrogen-bond acceptors (Lipinski definition) is 2. The molecule has 0 spiro atoms. The highest BCUT2D eigenvalue weighted by Gasteiger charge is 2.26. The third-order valence-electron chi connectivity index (χ3n) is 3.71. The number of rotatable bonds is 1. The van der Waals surface area contributed by atoms with Crippen LogP contribution < -0.4 is 0 Å². The van der Waals surface area contributed by atoms with Gasteiger partial charge in [0.2, 0.25) is 0 Å². The van der Waals surface area contributed by atoms with Gasteiger partial charge in [-0.1, -0.05) is 57.5 Å². The van der Waals surface area contributed by atoms with Crippen molar-refractivity contribution in [3.63, 3.8) is 0 Å². The Kier molecular flexibility index (Phi) is 3.38. The summed E-state index contributed by atoms with van der Waals surface area (Å²) in [5.41, 5.74) is 4.32. The van der Waals surface area contributed by atoms with Gasteiger partial charge in [-0.15, -0.1) is 0 Å². The lowest BCUT2D eigenvalue weighted by Crippen LogP contribution is -2.21. The third-order valence-corrected chi connectivity index (χ3v) is 4.23. The van der Waals surface area contributed by atoms with Gasteiger partial charge in [0, 0.05) is 16.0 Å². The molecule has 0 amide bonds. The van der Waals surface area contributed by atoms with Gasteiger partial charge >= 0.3 is 0 Å². The smallest absolute Gasteiger partial charge is 0.0945 e. The van der Waals surface area contributed by atoms with Crippen molar-refractivity contribution in [1.29, 1.82) is 0 Å². The minimum absolute atomic E-state index is 0.174. The minimum atomic E-state index is 0.174. The highest BCUT2D eigenvalue weighted by molar-refractivity contribution is 9.10. The van der Waals surface area contributed by atoms with Gasteiger partial charge in [0.05, 0.1) is 5.71 Å². The molecule has 19 heavy (non-hydrogen) atoms. The van der Waals surface area contributed by atoms with Crippen molar-refractivity contribution in [2.24, 2.45) is 5.16 Å². The van der Waals surface area contributed by atoms with E-state index in [2.05, 4.69) is 39.3 Å². The van der Waals surface area contributed by atoms with Gasteiger partial charge in [0.25, 0.3) is 0 Å². The molecular weight excluding hydrogens is 302 g/mol. The Morgan fingerprint density at radius 3 is 2.53 bits per heavy atom. The molecule has 2 aromatic carbocycles. The van der Waals surface area contributed by atoms with E-state index in [4.69, 9.17) is 0 Å². The van der Waals surface area contributed by atoms with Gasteiger partial charge in [-0.25, -0.2) is 0 Å². The van der Waals surface area contributed by atoms with Crippen LogP contribution in [0.1, 0.15) is 29.0 Å². The van der Waals surface area contributed by atoms with Crippen LogP contribution in [-0.2, 0) is 6.42 Å². The fourth-order valence-electron chi connectivity index (χ4n) is 2.76. The van der Waals surface area contributed by atoms with Crippen molar-refractivity contribution in [3.8, 4) is 0 Å². The lowest BCUT2D eigenvalue weighted by molar-refractivity contribution is 0.316. The summed E-state index contributed by atoms with van der Waals surface area (Å²) in [5.74, 6) is 0.174. The third kappa shape index (κ3) is 2.30. The summed E-state index contributed by atoms with van der Waals surface area (Å²) in [6.45, 7) is 0. The predicted octanol–water partition coefficient (Wildman–Crippen LogP) is 4.36. The summed E-state index contributed by atoms with van der Waals surface area (Å²) < 4.78 is 1.06. The largest absolute Gasteiger partial charge is 0.411 e. The van der Waals surface area contributed by atoms with Crippen LogP contribution in [0.5, 0.6) is 0 Å². The van der Waals surface area contributed by atoms with E-state index in [1.807, 2.05) is 30.3 Å². The van der Waals surface area contributed by atoms with Crippen molar-refractivity contribution in [3.05, 3.63) is 69.7 Å². The van der Waals surface area contributed by atoms with Crippen LogP contribution >= 0.6 is 15.9 Å². The molecular formula is C16H14BrNO. The number of benzene rings is 2. The molecule has 0 aliphatic heterocycles. The van der Waals surface area contributed by atoms with Crippen molar-refractivity contribution >= 4 is 21.6 Å². The molecule has 0 heterocycles. The van der Waals surface area contributed by atoms with Gasteiger partial charge in [0.15, 0.2) is 0 Å². The van der Waals surface area contributed by atoms with Crippen LogP contribution in [0, 0.1) is 0 Å². The van der Waals surface area contributed by atoms with E-state index in [1.54, 1.807) is 0 Å². The number of fused-ring (bicyclic) bond motifs is 1. The molecule has 2 aromatic rings. The van der Waals surface area contributed by atoms with Gasteiger partial charge < -0.3 is 5.21 Å². The molecule has 1 aliphatic carbocycles. The Morgan fingerprint density at radius 2 is 1.79 bits per heavy atom. The quantitative estimate of drug-likeness (QED) is 0.615. The summed E-state index contributed by atoms with van der Waals surface area (Å²) >= 11 is 3.45. The van der Waals surface area contributed by atoms with Crippen LogP contribution in [0.2, 0.25) is 0 Å². The Balaban J connectivity index is 2.03. The topological polar surface area (TPSA) is 32.6 Å². The fraction of sp³-hybridized carbons (Fsp3) is 0.188. The molecule has 3 heteroatoms. The number of aryl methyl sites for hydroxylation is 1. The summed E-state index contributed by atoms with van der Waals surface area (Å²) in [6.07, 6.45) is 2.01. The maximum absolute atomic E-state index is 9.40. The maximum Gasteiger partial charge on any atom is 0.0945 e. The number of oxime groups is 1. The van der Waals surface area contributed by atoms with Crippen molar-refractivity contribution in [2.45, 2.75) is 18.8 Å². The zero-order valence-corrected chi connectivity index (χ0v) is 12.0. The molecule has 0 saturated carbocycles. The first-order chi connectivity index (χ1) is 9.29. The zero-order valence-electron chi connectivity index (χ0n) is 10.4. The lowest BCUT2D eigenvalue weighted by atomic mass is 9.78. The second-order valence-corrected chi connectivity index (χ2v) is 5.70. The molecule has 1 atom stereocenters. The Bertz CT molecular complexity index is 619. The van der Waals surface area contributed by atoms with E-state index in [0.29, 0.717) is 0 Å².